The summed E-state index contributed by atoms with van der Waals surface area (Å²) in [4.78, 5) is 4.01. The number of hydrogen-bond donors (Lipinski definition) is 1. The van der Waals surface area contributed by atoms with Gasteiger partial charge in [-0.05, 0) is 18.9 Å². The van der Waals surface area contributed by atoms with Gasteiger partial charge in [-0.2, -0.15) is 0 Å². The molecule has 0 aromatic carbocycles. The number of hydrogen-bond acceptors (Lipinski definition) is 2. The van der Waals surface area contributed by atoms with Crippen LogP contribution in [-0.4, -0.2) is 12.8 Å². The summed E-state index contributed by atoms with van der Waals surface area (Å²) >= 11 is 0. The lowest BCUT2D eigenvalue weighted by molar-refractivity contribution is 0.759. The molecule has 0 amide bonds. The first kappa shape index (κ1) is 9.21. The number of allylic oxidation sites excluding steroid dienone is 2. The molecule has 0 atom stereocenters. The third kappa shape index (κ3) is 4.13. The minimum atomic E-state index is 0.420. The molecule has 0 aromatic rings. The van der Waals surface area contributed by atoms with Crippen molar-refractivity contribution in [1.82, 2.24) is 0 Å². The van der Waals surface area contributed by atoms with E-state index in [-0.39, 0.29) is 0 Å². The molecule has 2 N–H and O–H groups in total. The molecule has 0 spiro atoms. The van der Waals surface area contributed by atoms with Crippen molar-refractivity contribution in [2.24, 2.45) is 16.6 Å². The highest BCUT2D eigenvalue weighted by molar-refractivity contribution is 5.71. The van der Waals surface area contributed by atoms with E-state index in [0.717, 1.165) is 12.2 Å². The molecule has 0 unspecified atom stereocenters. The fourth-order valence-corrected chi connectivity index (χ4v) is 0.437. The topological polar surface area (TPSA) is 38.4 Å². The Bertz CT molecular complexity index is 134. The third-order valence-corrected chi connectivity index (χ3v) is 1.22. The van der Waals surface area contributed by atoms with Crippen LogP contribution in [0, 0.1) is 5.92 Å². The molecule has 58 valence electrons. The molecule has 0 radical (unpaired) electrons. The van der Waals surface area contributed by atoms with Gasteiger partial charge in [-0.25, -0.2) is 0 Å². The molecule has 0 aromatic heterocycles. The standard InChI is InChI=1S/C8H16N2/c1-4-10-6-5-8(9)7(2)3/h5-7H,4,9H2,1-3H3/b8-5-,10-6-. The van der Waals surface area contributed by atoms with Crippen LogP contribution in [0.3, 0.4) is 0 Å². The maximum absolute atomic E-state index is 5.63. The summed E-state index contributed by atoms with van der Waals surface area (Å²) < 4.78 is 0. The molecule has 10 heavy (non-hydrogen) atoms. The van der Waals surface area contributed by atoms with E-state index in [2.05, 4.69) is 18.8 Å². The summed E-state index contributed by atoms with van der Waals surface area (Å²) in [5, 5.41) is 0. The van der Waals surface area contributed by atoms with E-state index in [0.29, 0.717) is 5.92 Å². The zero-order chi connectivity index (χ0) is 7.98. The predicted octanol–water partition coefficient (Wildman–Crippen LogP) is 1.58. The summed E-state index contributed by atoms with van der Waals surface area (Å²) in [5.74, 6) is 0.420. The van der Waals surface area contributed by atoms with Crippen molar-refractivity contribution in [3.8, 4) is 0 Å². The van der Waals surface area contributed by atoms with Crippen LogP contribution in [0.4, 0.5) is 0 Å². The lowest BCUT2D eigenvalue weighted by Gasteiger charge is -2.01. The first-order valence-electron chi connectivity index (χ1n) is 3.64. The van der Waals surface area contributed by atoms with Crippen molar-refractivity contribution in [2.75, 3.05) is 6.54 Å². The van der Waals surface area contributed by atoms with E-state index in [4.69, 9.17) is 5.73 Å². The van der Waals surface area contributed by atoms with Crippen LogP contribution < -0.4 is 5.73 Å². The SMILES string of the molecule is CC/N=C\C=C(/N)C(C)C. The van der Waals surface area contributed by atoms with Crippen molar-refractivity contribution < 1.29 is 0 Å². The maximum Gasteiger partial charge on any atom is 0.0360 e. The number of rotatable bonds is 3. The van der Waals surface area contributed by atoms with E-state index >= 15 is 0 Å². The summed E-state index contributed by atoms with van der Waals surface area (Å²) in [6.45, 7) is 6.94. The first-order chi connectivity index (χ1) is 4.68. The molecule has 2 heteroatoms. The van der Waals surface area contributed by atoms with Gasteiger partial charge in [0.25, 0.3) is 0 Å². The number of aliphatic imine (C=N–C) groups is 1. The van der Waals surface area contributed by atoms with Crippen LogP contribution in [0.1, 0.15) is 20.8 Å². The Kier molecular flexibility index (Phi) is 4.63. The molecule has 0 aliphatic rings. The molecule has 0 saturated carbocycles. The molecular weight excluding hydrogens is 124 g/mol. The van der Waals surface area contributed by atoms with Gasteiger partial charge < -0.3 is 5.73 Å². The molecule has 0 aliphatic carbocycles. The molecule has 0 aliphatic heterocycles. The van der Waals surface area contributed by atoms with Crippen LogP contribution in [0.25, 0.3) is 0 Å². The van der Waals surface area contributed by atoms with Crippen LogP contribution in [0.5, 0.6) is 0 Å². The highest BCUT2D eigenvalue weighted by atomic mass is 14.7. The molecule has 0 saturated heterocycles. The highest BCUT2D eigenvalue weighted by Gasteiger charge is 1.92. The lowest BCUT2D eigenvalue weighted by Crippen LogP contribution is -2.04. The van der Waals surface area contributed by atoms with E-state index in [1.54, 1.807) is 6.21 Å². The molecular formula is C8H16N2. The summed E-state index contributed by atoms with van der Waals surface area (Å²) in [7, 11) is 0. The summed E-state index contributed by atoms with van der Waals surface area (Å²) in [6, 6.07) is 0. The smallest absolute Gasteiger partial charge is 0.0360 e. The minimum Gasteiger partial charge on any atom is -0.402 e. The summed E-state index contributed by atoms with van der Waals surface area (Å²) in [5.41, 5.74) is 6.51. The zero-order valence-electron chi connectivity index (χ0n) is 6.96. The van der Waals surface area contributed by atoms with Crippen LogP contribution in [0.15, 0.2) is 16.8 Å². The second-order valence-electron chi connectivity index (χ2n) is 2.47. The lowest BCUT2D eigenvalue weighted by atomic mass is 10.1. The van der Waals surface area contributed by atoms with Gasteiger partial charge >= 0.3 is 0 Å². The van der Waals surface area contributed by atoms with E-state index in [1.165, 1.54) is 0 Å². The number of nitrogens with two attached hydrogens (primary N) is 1. The zero-order valence-corrected chi connectivity index (χ0v) is 6.96. The monoisotopic (exact) mass is 140 g/mol. The average Bonchev–Trinajstić information content (AvgIpc) is 1.88. The highest BCUT2D eigenvalue weighted by Crippen LogP contribution is 1.99. The predicted molar refractivity (Wildman–Crippen MR) is 46.1 cm³/mol. The van der Waals surface area contributed by atoms with Gasteiger partial charge in [-0.3, -0.25) is 4.99 Å². The van der Waals surface area contributed by atoms with Gasteiger partial charge in [0.1, 0.15) is 0 Å². The van der Waals surface area contributed by atoms with Crippen molar-refractivity contribution in [3.63, 3.8) is 0 Å². The Hall–Kier alpha value is -0.790. The van der Waals surface area contributed by atoms with Gasteiger partial charge in [0, 0.05) is 18.5 Å². The average molecular weight is 140 g/mol. The Balaban J connectivity index is 3.79. The molecule has 0 rings (SSSR count). The quantitative estimate of drug-likeness (QED) is 0.594. The van der Waals surface area contributed by atoms with Crippen molar-refractivity contribution in [2.45, 2.75) is 20.8 Å². The Labute approximate surface area is 62.8 Å². The molecule has 0 fully saturated rings. The second-order valence-corrected chi connectivity index (χ2v) is 2.47. The normalized spacial score (nSPS) is 13.4. The largest absolute Gasteiger partial charge is 0.402 e. The van der Waals surface area contributed by atoms with Gasteiger partial charge in [-0.1, -0.05) is 13.8 Å². The van der Waals surface area contributed by atoms with Gasteiger partial charge in [0.05, 0.1) is 0 Å². The van der Waals surface area contributed by atoms with Crippen LogP contribution >= 0.6 is 0 Å². The Morgan fingerprint density at radius 1 is 1.60 bits per heavy atom. The third-order valence-electron chi connectivity index (χ3n) is 1.22. The van der Waals surface area contributed by atoms with Crippen molar-refractivity contribution in [3.05, 3.63) is 11.8 Å². The second kappa shape index (κ2) is 5.03. The number of nitrogens with zero attached hydrogens (tertiary/aromatic N) is 1. The fourth-order valence-electron chi connectivity index (χ4n) is 0.437. The van der Waals surface area contributed by atoms with Crippen molar-refractivity contribution in [1.29, 1.82) is 0 Å². The molecule has 2 nitrogen and oxygen atoms in total. The van der Waals surface area contributed by atoms with Crippen LogP contribution in [-0.2, 0) is 0 Å². The van der Waals surface area contributed by atoms with Gasteiger partial charge in [-0.15, -0.1) is 0 Å². The van der Waals surface area contributed by atoms with Gasteiger partial charge in [0.2, 0.25) is 0 Å². The summed E-state index contributed by atoms with van der Waals surface area (Å²) in [6.07, 6.45) is 3.61. The Morgan fingerprint density at radius 3 is 2.60 bits per heavy atom. The first-order valence-corrected chi connectivity index (χ1v) is 3.64. The minimum absolute atomic E-state index is 0.420. The molecule has 0 heterocycles. The fraction of sp³-hybridized carbons (Fsp3) is 0.625. The van der Waals surface area contributed by atoms with E-state index < -0.39 is 0 Å². The van der Waals surface area contributed by atoms with Crippen molar-refractivity contribution >= 4 is 6.21 Å². The van der Waals surface area contributed by atoms with E-state index in [9.17, 15) is 0 Å². The molecule has 0 bridgehead atoms. The van der Waals surface area contributed by atoms with Gasteiger partial charge in [0.15, 0.2) is 0 Å². The van der Waals surface area contributed by atoms with E-state index in [1.807, 2.05) is 13.0 Å². The van der Waals surface area contributed by atoms with Crippen LogP contribution in [0.2, 0.25) is 0 Å². The Morgan fingerprint density at radius 2 is 2.20 bits per heavy atom. The maximum atomic E-state index is 5.63.